The Balaban J connectivity index is 1.57. The van der Waals surface area contributed by atoms with Crippen LogP contribution >= 0.6 is 0 Å². The highest BCUT2D eigenvalue weighted by atomic mass is 32.2. The lowest BCUT2D eigenvalue weighted by Crippen LogP contribution is -2.47. The van der Waals surface area contributed by atoms with Crippen LogP contribution in [0.1, 0.15) is 22.6 Å². The fourth-order valence-electron chi connectivity index (χ4n) is 4.27. The molecule has 1 fully saturated rings. The van der Waals surface area contributed by atoms with Crippen LogP contribution in [-0.2, 0) is 32.6 Å². The number of ether oxygens (including phenoxy) is 1. The van der Waals surface area contributed by atoms with Crippen molar-refractivity contribution in [2.75, 3.05) is 45.9 Å². The summed E-state index contributed by atoms with van der Waals surface area (Å²) in [6, 6.07) is 20.1. The van der Waals surface area contributed by atoms with E-state index in [9.17, 15) is 13.2 Å². The molecule has 37 heavy (non-hydrogen) atoms. The average molecular weight is 526 g/mol. The normalized spacial score (nSPS) is 14.7. The van der Waals surface area contributed by atoms with Crippen LogP contribution in [0.2, 0.25) is 0 Å². The number of carbonyl (C=O) groups is 1. The molecule has 0 bridgehead atoms. The van der Waals surface area contributed by atoms with Crippen LogP contribution in [0.25, 0.3) is 0 Å². The molecule has 0 N–H and O–H groups in total. The Labute approximate surface area is 219 Å². The molecule has 4 rings (SSSR count). The summed E-state index contributed by atoms with van der Waals surface area (Å²) in [5.41, 5.74) is 1.93. The maximum Gasteiger partial charge on any atom is 0.243 e. The summed E-state index contributed by atoms with van der Waals surface area (Å²) in [6.07, 6.45) is 0. The molecule has 0 radical (unpaired) electrons. The van der Waals surface area contributed by atoms with Crippen LogP contribution < -0.4 is 0 Å². The lowest BCUT2D eigenvalue weighted by Gasteiger charge is -2.31. The highest BCUT2D eigenvalue weighted by Gasteiger charge is 2.29. The molecule has 8 nitrogen and oxygen atoms in total. The van der Waals surface area contributed by atoms with Gasteiger partial charge in [0.2, 0.25) is 15.9 Å². The molecule has 1 saturated heterocycles. The minimum Gasteiger partial charge on any atom is -0.464 e. The summed E-state index contributed by atoms with van der Waals surface area (Å²) in [6.45, 7) is 7.57. The van der Waals surface area contributed by atoms with Crippen LogP contribution in [0.3, 0.4) is 0 Å². The number of sulfonamides is 1. The van der Waals surface area contributed by atoms with Gasteiger partial charge in [0.05, 0.1) is 31.2 Å². The molecule has 0 atom stereocenters. The molecule has 2 heterocycles. The van der Waals surface area contributed by atoms with Gasteiger partial charge in [-0.05, 0) is 43.7 Å². The minimum absolute atomic E-state index is 0.184. The van der Waals surface area contributed by atoms with E-state index in [4.69, 9.17) is 9.15 Å². The predicted molar refractivity (Wildman–Crippen MR) is 141 cm³/mol. The fourth-order valence-corrected chi connectivity index (χ4v) is 5.65. The third kappa shape index (κ3) is 7.52. The van der Waals surface area contributed by atoms with Crippen molar-refractivity contribution in [1.82, 2.24) is 14.1 Å². The first-order valence-electron chi connectivity index (χ1n) is 12.6. The standard InChI is InChI=1S/C28H35N3O5S/c1-23-8-12-27(13-9-23)37(33,34)31(15-14-29-16-18-35-19-17-29)22-28(32)30(20-25-6-4-3-5-7-25)21-26-11-10-24(2)36-26/h3-13H,14-22H2,1-2H3. The van der Waals surface area contributed by atoms with Gasteiger partial charge in [0, 0.05) is 32.7 Å². The molecule has 2 aromatic carbocycles. The molecule has 0 saturated carbocycles. The number of rotatable bonds is 11. The lowest BCUT2D eigenvalue weighted by atomic mass is 10.2. The number of furan rings is 1. The molecule has 1 aliphatic rings. The molecule has 198 valence electrons. The van der Waals surface area contributed by atoms with Gasteiger partial charge < -0.3 is 14.1 Å². The molecule has 0 spiro atoms. The Hall–Kier alpha value is -2.98. The molecule has 9 heteroatoms. The summed E-state index contributed by atoms with van der Waals surface area (Å²) in [4.78, 5) is 17.7. The largest absolute Gasteiger partial charge is 0.464 e. The molecule has 3 aromatic rings. The first kappa shape index (κ1) is 27.1. The Morgan fingerprint density at radius 1 is 0.919 bits per heavy atom. The van der Waals surface area contributed by atoms with Gasteiger partial charge in [-0.25, -0.2) is 8.42 Å². The van der Waals surface area contributed by atoms with Crippen LogP contribution in [-0.4, -0.2) is 74.4 Å². The SMILES string of the molecule is Cc1ccc(S(=O)(=O)N(CCN2CCOCC2)CC(=O)N(Cc2ccccc2)Cc2ccc(C)o2)cc1. The van der Waals surface area contributed by atoms with Gasteiger partial charge in [0.25, 0.3) is 0 Å². The van der Waals surface area contributed by atoms with Crippen LogP contribution in [0, 0.1) is 13.8 Å². The van der Waals surface area contributed by atoms with Gasteiger partial charge >= 0.3 is 0 Å². The number of aryl methyl sites for hydroxylation is 2. The van der Waals surface area contributed by atoms with Crippen LogP contribution in [0.4, 0.5) is 0 Å². The molecular weight excluding hydrogens is 490 g/mol. The molecule has 0 aliphatic carbocycles. The number of nitrogens with zero attached hydrogens (tertiary/aromatic N) is 3. The van der Waals surface area contributed by atoms with Crippen molar-refractivity contribution >= 4 is 15.9 Å². The molecule has 0 unspecified atom stereocenters. The average Bonchev–Trinajstić information content (AvgIpc) is 3.31. The number of amides is 1. The van der Waals surface area contributed by atoms with Crippen molar-refractivity contribution in [2.45, 2.75) is 31.8 Å². The Bertz CT molecular complexity index is 1250. The van der Waals surface area contributed by atoms with Crippen molar-refractivity contribution in [3.05, 3.63) is 89.4 Å². The molecule has 1 amide bonds. The zero-order chi connectivity index (χ0) is 26.3. The fraction of sp³-hybridized carbons (Fsp3) is 0.393. The number of carbonyl (C=O) groups excluding carboxylic acids is 1. The van der Waals surface area contributed by atoms with Crippen molar-refractivity contribution < 1.29 is 22.4 Å². The number of morpholine rings is 1. The zero-order valence-corrected chi connectivity index (χ0v) is 22.3. The van der Waals surface area contributed by atoms with Gasteiger partial charge in [-0.1, -0.05) is 48.0 Å². The maximum absolute atomic E-state index is 13.7. The summed E-state index contributed by atoms with van der Waals surface area (Å²) in [5.74, 6) is 1.13. The van der Waals surface area contributed by atoms with Gasteiger partial charge in [0.15, 0.2) is 0 Å². The van der Waals surface area contributed by atoms with Crippen molar-refractivity contribution in [3.8, 4) is 0 Å². The molecule has 1 aromatic heterocycles. The smallest absolute Gasteiger partial charge is 0.243 e. The van der Waals surface area contributed by atoms with Gasteiger partial charge in [-0.15, -0.1) is 0 Å². The Morgan fingerprint density at radius 3 is 2.27 bits per heavy atom. The topological polar surface area (TPSA) is 83.3 Å². The van der Waals surface area contributed by atoms with Gasteiger partial charge in [-0.2, -0.15) is 4.31 Å². The predicted octanol–water partition coefficient (Wildman–Crippen LogP) is 3.45. The summed E-state index contributed by atoms with van der Waals surface area (Å²) < 4.78 is 39.8. The first-order chi connectivity index (χ1) is 17.8. The van der Waals surface area contributed by atoms with Crippen LogP contribution in [0.15, 0.2) is 76.0 Å². The number of benzene rings is 2. The van der Waals surface area contributed by atoms with E-state index in [1.165, 1.54) is 4.31 Å². The second-order valence-corrected chi connectivity index (χ2v) is 11.3. The summed E-state index contributed by atoms with van der Waals surface area (Å²) in [5, 5.41) is 0. The Morgan fingerprint density at radius 2 is 1.62 bits per heavy atom. The zero-order valence-electron chi connectivity index (χ0n) is 21.5. The summed E-state index contributed by atoms with van der Waals surface area (Å²) in [7, 11) is -3.88. The monoisotopic (exact) mass is 525 g/mol. The number of hydrogen-bond acceptors (Lipinski definition) is 6. The number of hydrogen-bond donors (Lipinski definition) is 0. The summed E-state index contributed by atoms with van der Waals surface area (Å²) >= 11 is 0. The van der Waals surface area contributed by atoms with E-state index in [0.29, 0.717) is 32.1 Å². The lowest BCUT2D eigenvalue weighted by molar-refractivity contribution is -0.133. The highest BCUT2D eigenvalue weighted by Crippen LogP contribution is 2.19. The molecule has 1 aliphatic heterocycles. The van der Waals surface area contributed by atoms with E-state index < -0.39 is 10.0 Å². The van der Waals surface area contributed by atoms with Crippen molar-refractivity contribution in [1.29, 1.82) is 0 Å². The third-order valence-corrected chi connectivity index (χ3v) is 8.31. The third-order valence-electron chi connectivity index (χ3n) is 6.45. The van der Waals surface area contributed by atoms with E-state index in [1.807, 2.05) is 56.3 Å². The van der Waals surface area contributed by atoms with E-state index in [1.54, 1.807) is 29.2 Å². The Kier molecular flexibility index (Phi) is 9.15. The van der Waals surface area contributed by atoms with E-state index in [2.05, 4.69) is 4.90 Å². The second-order valence-electron chi connectivity index (χ2n) is 9.35. The first-order valence-corrected chi connectivity index (χ1v) is 14.0. The van der Waals surface area contributed by atoms with E-state index in [0.717, 1.165) is 30.0 Å². The maximum atomic E-state index is 13.7. The van der Waals surface area contributed by atoms with E-state index >= 15 is 0 Å². The van der Waals surface area contributed by atoms with Gasteiger partial charge in [0.1, 0.15) is 11.5 Å². The highest BCUT2D eigenvalue weighted by molar-refractivity contribution is 7.89. The van der Waals surface area contributed by atoms with Crippen LogP contribution in [0.5, 0.6) is 0 Å². The van der Waals surface area contributed by atoms with Crippen molar-refractivity contribution in [2.24, 2.45) is 0 Å². The minimum atomic E-state index is -3.88. The quantitative estimate of drug-likeness (QED) is 0.381. The van der Waals surface area contributed by atoms with E-state index in [-0.39, 0.29) is 30.4 Å². The van der Waals surface area contributed by atoms with Gasteiger partial charge in [-0.3, -0.25) is 9.69 Å². The second kappa shape index (κ2) is 12.5. The molecular formula is C28H35N3O5S. The van der Waals surface area contributed by atoms with Crippen molar-refractivity contribution in [3.63, 3.8) is 0 Å².